The Labute approximate surface area is 158 Å². The first-order chi connectivity index (χ1) is 13.0. The van der Waals surface area contributed by atoms with Crippen molar-refractivity contribution in [2.24, 2.45) is 0 Å². The fraction of sp³-hybridized carbons (Fsp3) is 0.350. The van der Waals surface area contributed by atoms with Crippen LogP contribution in [0.3, 0.4) is 0 Å². The van der Waals surface area contributed by atoms with Gasteiger partial charge in [0.25, 0.3) is 0 Å². The molecule has 0 aliphatic carbocycles. The minimum atomic E-state index is -0.554. The first-order valence-corrected chi connectivity index (χ1v) is 9.04. The monoisotopic (exact) mass is 375 g/mol. The van der Waals surface area contributed by atoms with Gasteiger partial charge in [-0.05, 0) is 44.0 Å². The fourth-order valence-electron chi connectivity index (χ4n) is 2.48. The van der Waals surface area contributed by atoms with Crippen molar-refractivity contribution in [3.63, 3.8) is 0 Å². The molecule has 6 nitrogen and oxygen atoms in total. The van der Waals surface area contributed by atoms with Gasteiger partial charge in [0.15, 0.2) is 11.5 Å². The molecule has 0 radical (unpaired) electrons. The van der Waals surface area contributed by atoms with Crippen LogP contribution in [-0.4, -0.2) is 18.7 Å². The Morgan fingerprint density at radius 1 is 1.11 bits per heavy atom. The third-order valence-electron chi connectivity index (χ3n) is 4.02. The summed E-state index contributed by atoms with van der Waals surface area (Å²) in [6, 6.07) is 9.08. The predicted molar refractivity (Wildman–Crippen MR) is 105 cm³/mol. The second-order valence-electron chi connectivity index (χ2n) is 5.99. The Bertz CT molecular complexity index is 779. The number of nitrogens with one attached hydrogen (secondary N) is 2. The molecule has 2 amide bonds. The standard InChI is InChI=1S/C20H26FN3O3/c1-4-13(5-2)23-20(25)24-14-7-10-18(19(11-14)26-6-3)27-15-8-9-17(22)16(21)12-15/h7-13H,4-6,22H2,1-3H3,(H2,23,24,25). The number of nitrogen functional groups attached to an aromatic ring is 1. The van der Waals surface area contributed by atoms with E-state index in [1.807, 2.05) is 20.8 Å². The molecule has 2 aromatic rings. The zero-order valence-corrected chi connectivity index (χ0v) is 15.8. The van der Waals surface area contributed by atoms with Gasteiger partial charge in [0, 0.05) is 23.9 Å². The highest BCUT2D eigenvalue weighted by Gasteiger charge is 2.12. The minimum Gasteiger partial charge on any atom is -0.490 e. The number of benzene rings is 2. The van der Waals surface area contributed by atoms with Crippen LogP contribution < -0.4 is 25.8 Å². The molecule has 0 saturated heterocycles. The van der Waals surface area contributed by atoms with Crippen molar-refractivity contribution in [3.05, 3.63) is 42.2 Å². The molecule has 2 aromatic carbocycles. The molecule has 0 aliphatic rings. The summed E-state index contributed by atoms with van der Waals surface area (Å²) in [6.07, 6.45) is 1.72. The third-order valence-corrected chi connectivity index (χ3v) is 4.02. The van der Waals surface area contributed by atoms with Crippen LogP contribution in [0.2, 0.25) is 0 Å². The van der Waals surface area contributed by atoms with Crippen molar-refractivity contribution in [1.29, 1.82) is 0 Å². The average Bonchev–Trinajstić information content (AvgIpc) is 2.65. The van der Waals surface area contributed by atoms with Gasteiger partial charge < -0.3 is 25.8 Å². The van der Waals surface area contributed by atoms with E-state index in [1.54, 1.807) is 24.3 Å². The lowest BCUT2D eigenvalue weighted by molar-refractivity contribution is 0.247. The summed E-state index contributed by atoms with van der Waals surface area (Å²) in [5.41, 5.74) is 6.10. The smallest absolute Gasteiger partial charge is 0.319 e. The molecule has 0 heterocycles. The Morgan fingerprint density at radius 3 is 2.48 bits per heavy atom. The zero-order valence-electron chi connectivity index (χ0n) is 15.8. The first-order valence-electron chi connectivity index (χ1n) is 9.04. The summed E-state index contributed by atoms with van der Waals surface area (Å²) in [7, 11) is 0. The number of nitrogens with two attached hydrogens (primary N) is 1. The van der Waals surface area contributed by atoms with Gasteiger partial charge in [-0.15, -0.1) is 0 Å². The number of hydrogen-bond donors (Lipinski definition) is 3. The molecule has 0 bridgehead atoms. The lowest BCUT2D eigenvalue weighted by atomic mass is 10.2. The molecule has 0 aromatic heterocycles. The number of rotatable bonds is 8. The van der Waals surface area contributed by atoms with E-state index < -0.39 is 5.82 Å². The Morgan fingerprint density at radius 2 is 1.85 bits per heavy atom. The van der Waals surface area contributed by atoms with Crippen molar-refractivity contribution in [2.45, 2.75) is 39.7 Å². The van der Waals surface area contributed by atoms with Crippen LogP contribution in [0.4, 0.5) is 20.6 Å². The zero-order chi connectivity index (χ0) is 19.8. The number of anilines is 2. The van der Waals surface area contributed by atoms with E-state index in [0.29, 0.717) is 29.5 Å². The summed E-state index contributed by atoms with van der Waals surface area (Å²) >= 11 is 0. The maximum absolute atomic E-state index is 13.6. The van der Waals surface area contributed by atoms with Gasteiger partial charge in [0.1, 0.15) is 11.6 Å². The maximum atomic E-state index is 13.6. The highest BCUT2D eigenvalue weighted by Crippen LogP contribution is 2.34. The largest absolute Gasteiger partial charge is 0.490 e. The first kappa shape index (κ1) is 20.4. The molecule has 0 spiro atoms. The predicted octanol–water partition coefficient (Wildman–Crippen LogP) is 4.91. The van der Waals surface area contributed by atoms with E-state index in [0.717, 1.165) is 12.8 Å². The summed E-state index contributed by atoms with van der Waals surface area (Å²) in [5.74, 6) is 0.596. The van der Waals surface area contributed by atoms with Crippen LogP contribution in [-0.2, 0) is 0 Å². The molecule has 0 aliphatic heterocycles. The molecule has 4 N–H and O–H groups in total. The number of carbonyl (C=O) groups is 1. The SMILES string of the molecule is CCOc1cc(NC(=O)NC(CC)CC)ccc1Oc1ccc(N)c(F)c1. The highest BCUT2D eigenvalue weighted by molar-refractivity contribution is 5.89. The van der Waals surface area contributed by atoms with Crippen LogP contribution in [0.1, 0.15) is 33.6 Å². The number of halogens is 1. The Hall–Kier alpha value is -2.96. The van der Waals surface area contributed by atoms with E-state index >= 15 is 0 Å². The number of hydrogen-bond acceptors (Lipinski definition) is 4. The lowest BCUT2D eigenvalue weighted by Crippen LogP contribution is -2.37. The molecular weight excluding hydrogens is 349 g/mol. The van der Waals surface area contributed by atoms with Crippen molar-refractivity contribution < 1.29 is 18.7 Å². The average molecular weight is 375 g/mol. The number of carbonyl (C=O) groups excluding carboxylic acids is 1. The second-order valence-corrected chi connectivity index (χ2v) is 5.99. The summed E-state index contributed by atoms with van der Waals surface area (Å²) in [5, 5.41) is 5.69. The molecule has 146 valence electrons. The van der Waals surface area contributed by atoms with Gasteiger partial charge in [-0.2, -0.15) is 0 Å². The van der Waals surface area contributed by atoms with Crippen molar-refractivity contribution in [2.75, 3.05) is 17.7 Å². The number of amides is 2. The molecule has 0 saturated carbocycles. The summed E-state index contributed by atoms with van der Waals surface area (Å²) in [6.45, 7) is 6.30. The summed E-state index contributed by atoms with van der Waals surface area (Å²) in [4.78, 5) is 12.1. The van der Waals surface area contributed by atoms with Crippen molar-refractivity contribution in [1.82, 2.24) is 5.32 Å². The van der Waals surface area contributed by atoms with Crippen LogP contribution in [0.25, 0.3) is 0 Å². The maximum Gasteiger partial charge on any atom is 0.319 e. The minimum absolute atomic E-state index is 0.0513. The number of ether oxygens (including phenoxy) is 2. The van der Waals surface area contributed by atoms with Gasteiger partial charge >= 0.3 is 6.03 Å². The van der Waals surface area contributed by atoms with Gasteiger partial charge in [-0.3, -0.25) is 0 Å². The van der Waals surface area contributed by atoms with Crippen LogP contribution >= 0.6 is 0 Å². The lowest BCUT2D eigenvalue weighted by Gasteiger charge is -2.17. The van der Waals surface area contributed by atoms with Gasteiger partial charge in [0.05, 0.1) is 12.3 Å². The molecule has 7 heteroatoms. The van der Waals surface area contributed by atoms with E-state index in [1.165, 1.54) is 12.1 Å². The molecule has 0 atom stereocenters. The van der Waals surface area contributed by atoms with Gasteiger partial charge in [0.2, 0.25) is 0 Å². The summed E-state index contributed by atoms with van der Waals surface area (Å²) < 4.78 is 24.9. The molecular formula is C20H26FN3O3. The van der Waals surface area contributed by atoms with Crippen molar-refractivity contribution in [3.8, 4) is 17.2 Å². The molecule has 2 rings (SSSR count). The highest BCUT2D eigenvalue weighted by atomic mass is 19.1. The quantitative estimate of drug-likeness (QED) is 0.572. The van der Waals surface area contributed by atoms with E-state index in [-0.39, 0.29) is 17.8 Å². The van der Waals surface area contributed by atoms with Crippen molar-refractivity contribution >= 4 is 17.4 Å². The molecule has 0 unspecified atom stereocenters. The Balaban J connectivity index is 2.15. The van der Waals surface area contributed by atoms with E-state index in [4.69, 9.17) is 15.2 Å². The van der Waals surface area contributed by atoms with E-state index in [2.05, 4.69) is 10.6 Å². The fourth-order valence-corrected chi connectivity index (χ4v) is 2.48. The van der Waals surface area contributed by atoms with Crippen LogP contribution in [0, 0.1) is 5.82 Å². The van der Waals surface area contributed by atoms with Crippen LogP contribution in [0.5, 0.6) is 17.2 Å². The normalized spacial score (nSPS) is 10.6. The molecule has 27 heavy (non-hydrogen) atoms. The van der Waals surface area contributed by atoms with E-state index in [9.17, 15) is 9.18 Å². The molecule has 0 fully saturated rings. The van der Waals surface area contributed by atoms with Crippen LogP contribution in [0.15, 0.2) is 36.4 Å². The van der Waals surface area contributed by atoms with Gasteiger partial charge in [-0.1, -0.05) is 13.8 Å². The number of urea groups is 1. The Kier molecular flexibility index (Phi) is 7.28. The van der Waals surface area contributed by atoms with Gasteiger partial charge in [-0.25, -0.2) is 9.18 Å². The topological polar surface area (TPSA) is 85.6 Å². The second kappa shape index (κ2) is 9.66. The third kappa shape index (κ3) is 5.77.